The fraction of sp³-hybridized carbons (Fsp3) is 0.211. The van der Waals surface area contributed by atoms with Crippen molar-refractivity contribution in [3.05, 3.63) is 59.2 Å². The zero-order valence-electron chi connectivity index (χ0n) is 14.4. The normalized spacial score (nSPS) is 10.7. The third-order valence-electron chi connectivity index (χ3n) is 3.41. The molecule has 2 aromatic rings. The van der Waals surface area contributed by atoms with E-state index in [0.29, 0.717) is 11.3 Å². The van der Waals surface area contributed by atoms with Gasteiger partial charge >= 0.3 is 0 Å². The first-order valence-electron chi connectivity index (χ1n) is 7.71. The smallest absolute Gasteiger partial charge is 0.241 e. The van der Waals surface area contributed by atoms with Crippen molar-refractivity contribution in [1.29, 1.82) is 0 Å². The molecule has 25 heavy (non-hydrogen) atoms. The molecule has 130 valence electrons. The molecule has 0 heterocycles. The molecule has 0 fully saturated rings. The van der Waals surface area contributed by atoms with Gasteiger partial charge in [0.05, 0.1) is 11.4 Å². The first-order chi connectivity index (χ1) is 11.8. The first-order valence-corrected chi connectivity index (χ1v) is 9.20. The van der Waals surface area contributed by atoms with Crippen LogP contribution in [0.1, 0.15) is 23.6 Å². The molecular formula is C19H20N2O3S. The van der Waals surface area contributed by atoms with Gasteiger partial charge in [0, 0.05) is 18.2 Å². The molecule has 0 unspecified atom stereocenters. The Bertz CT molecular complexity index is 937. The van der Waals surface area contributed by atoms with E-state index in [9.17, 15) is 13.2 Å². The lowest BCUT2D eigenvalue weighted by molar-refractivity contribution is -0.114. The van der Waals surface area contributed by atoms with Crippen LogP contribution in [0.2, 0.25) is 0 Å². The summed E-state index contributed by atoms with van der Waals surface area (Å²) < 4.78 is 27.1. The molecule has 6 heteroatoms. The lowest BCUT2D eigenvalue weighted by Gasteiger charge is -2.07. The lowest BCUT2D eigenvalue weighted by atomic mass is 10.2. The summed E-state index contributed by atoms with van der Waals surface area (Å²) in [5.41, 5.74) is 3.14. The third-order valence-corrected chi connectivity index (χ3v) is 4.97. The van der Waals surface area contributed by atoms with Crippen LogP contribution in [-0.4, -0.2) is 20.9 Å². The fourth-order valence-corrected chi connectivity index (χ4v) is 3.44. The summed E-state index contributed by atoms with van der Waals surface area (Å²) in [6.45, 7) is 5.14. The zero-order chi connectivity index (χ0) is 18.4. The minimum absolute atomic E-state index is 0.0170. The summed E-state index contributed by atoms with van der Waals surface area (Å²) in [4.78, 5) is 11.2. The van der Waals surface area contributed by atoms with Gasteiger partial charge in [0.2, 0.25) is 15.9 Å². The van der Waals surface area contributed by atoms with Gasteiger partial charge in [-0.05, 0) is 49.7 Å². The van der Waals surface area contributed by atoms with Crippen LogP contribution in [0.15, 0.2) is 47.4 Å². The number of carbonyl (C=O) groups is 1. The standard InChI is InChI=1S/C19H20N2O3S/c1-14-6-11-19(15(2)13-14)25(23,24)20-12-4-5-17-7-9-18(10-8-17)21-16(3)22/h6-11,13,20H,12H2,1-3H3,(H,21,22). The number of rotatable bonds is 4. The van der Waals surface area contributed by atoms with Crippen molar-refractivity contribution in [2.24, 2.45) is 0 Å². The quantitative estimate of drug-likeness (QED) is 0.827. The molecule has 0 saturated carbocycles. The van der Waals surface area contributed by atoms with E-state index in [4.69, 9.17) is 0 Å². The largest absolute Gasteiger partial charge is 0.326 e. The molecule has 0 aliphatic rings. The first kappa shape index (κ1) is 18.7. The molecule has 0 atom stereocenters. The molecule has 0 spiro atoms. The van der Waals surface area contributed by atoms with Crippen molar-refractivity contribution in [3.8, 4) is 11.8 Å². The Morgan fingerprint density at radius 1 is 1.08 bits per heavy atom. The van der Waals surface area contributed by atoms with Gasteiger partial charge in [-0.1, -0.05) is 29.5 Å². The highest BCUT2D eigenvalue weighted by Gasteiger charge is 2.15. The van der Waals surface area contributed by atoms with E-state index in [0.717, 1.165) is 11.1 Å². The summed E-state index contributed by atoms with van der Waals surface area (Å²) in [6, 6.07) is 12.2. The van der Waals surface area contributed by atoms with E-state index in [-0.39, 0.29) is 17.3 Å². The number of carbonyl (C=O) groups excluding carboxylic acids is 1. The number of amides is 1. The van der Waals surface area contributed by atoms with Crippen molar-refractivity contribution in [3.63, 3.8) is 0 Å². The average Bonchev–Trinajstić information content (AvgIpc) is 2.52. The van der Waals surface area contributed by atoms with Crippen LogP contribution in [0.4, 0.5) is 5.69 Å². The van der Waals surface area contributed by atoms with Gasteiger partial charge < -0.3 is 5.32 Å². The highest BCUT2D eigenvalue weighted by molar-refractivity contribution is 7.89. The van der Waals surface area contributed by atoms with Gasteiger partial charge in [0.15, 0.2) is 0 Å². The Hall–Kier alpha value is -2.62. The second kappa shape index (κ2) is 7.97. The molecular weight excluding hydrogens is 336 g/mol. The zero-order valence-corrected chi connectivity index (χ0v) is 15.2. The van der Waals surface area contributed by atoms with Crippen molar-refractivity contribution < 1.29 is 13.2 Å². The monoisotopic (exact) mass is 356 g/mol. The van der Waals surface area contributed by atoms with E-state index in [1.807, 2.05) is 13.0 Å². The third kappa shape index (κ3) is 5.45. The Kier molecular flexibility index (Phi) is 5.97. The molecule has 0 bridgehead atoms. The molecule has 2 aromatic carbocycles. The molecule has 0 aromatic heterocycles. The summed E-state index contributed by atoms with van der Waals surface area (Å²) in [5, 5.41) is 2.67. The van der Waals surface area contributed by atoms with E-state index in [1.165, 1.54) is 6.92 Å². The highest BCUT2D eigenvalue weighted by Crippen LogP contribution is 2.16. The van der Waals surface area contributed by atoms with Crippen LogP contribution in [0, 0.1) is 25.7 Å². The van der Waals surface area contributed by atoms with E-state index < -0.39 is 10.0 Å². The van der Waals surface area contributed by atoms with Crippen LogP contribution in [0.25, 0.3) is 0 Å². The van der Waals surface area contributed by atoms with Gasteiger partial charge in [-0.25, -0.2) is 8.42 Å². The average molecular weight is 356 g/mol. The maximum Gasteiger partial charge on any atom is 0.241 e. The number of hydrogen-bond acceptors (Lipinski definition) is 3. The van der Waals surface area contributed by atoms with Crippen LogP contribution in [0.5, 0.6) is 0 Å². The lowest BCUT2D eigenvalue weighted by Crippen LogP contribution is -2.24. The predicted octanol–water partition coefficient (Wildman–Crippen LogP) is 2.59. The molecule has 0 aliphatic carbocycles. The van der Waals surface area contributed by atoms with Crippen molar-refractivity contribution in [2.75, 3.05) is 11.9 Å². The molecule has 0 saturated heterocycles. The maximum atomic E-state index is 12.3. The Morgan fingerprint density at radius 2 is 1.76 bits per heavy atom. The molecule has 5 nitrogen and oxygen atoms in total. The number of hydrogen-bond donors (Lipinski definition) is 2. The summed E-state index contributed by atoms with van der Waals surface area (Å²) in [5.74, 6) is 5.54. The summed E-state index contributed by atoms with van der Waals surface area (Å²) in [6.07, 6.45) is 0. The van der Waals surface area contributed by atoms with Crippen LogP contribution < -0.4 is 10.0 Å². The second-order valence-corrected chi connectivity index (χ2v) is 7.39. The fourth-order valence-electron chi connectivity index (χ4n) is 2.30. The van der Waals surface area contributed by atoms with Crippen molar-refractivity contribution >= 4 is 21.6 Å². The van der Waals surface area contributed by atoms with E-state index in [1.54, 1.807) is 43.3 Å². The number of nitrogens with one attached hydrogen (secondary N) is 2. The topological polar surface area (TPSA) is 75.3 Å². The van der Waals surface area contributed by atoms with Gasteiger partial charge in [-0.2, -0.15) is 4.72 Å². The van der Waals surface area contributed by atoms with Crippen LogP contribution in [0.3, 0.4) is 0 Å². The van der Waals surface area contributed by atoms with E-state index in [2.05, 4.69) is 21.9 Å². The number of benzene rings is 2. The second-order valence-electron chi connectivity index (χ2n) is 5.65. The Balaban J connectivity index is 2.00. The van der Waals surface area contributed by atoms with Crippen LogP contribution in [-0.2, 0) is 14.8 Å². The summed E-state index contributed by atoms with van der Waals surface area (Å²) in [7, 11) is -3.58. The molecule has 2 rings (SSSR count). The van der Waals surface area contributed by atoms with E-state index >= 15 is 0 Å². The van der Waals surface area contributed by atoms with Crippen molar-refractivity contribution in [1.82, 2.24) is 4.72 Å². The Labute approximate surface area is 148 Å². The molecule has 0 radical (unpaired) electrons. The van der Waals surface area contributed by atoms with Gasteiger partial charge in [0.25, 0.3) is 0 Å². The molecule has 2 N–H and O–H groups in total. The maximum absolute atomic E-state index is 12.3. The van der Waals surface area contributed by atoms with Gasteiger partial charge in [-0.3, -0.25) is 4.79 Å². The molecule has 0 aliphatic heterocycles. The van der Waals surface area contributed by atoms with Gasteiger partial charge in [-0.15, -0.1) is 0 Å². The van der Waals surface area contributed by atoms with Crippen molar-refractivity contribution in [2.45, 2.75) is 25.7 Å². The number of sulfonamides is 1. The number of aryl methyl sites for hydroxylation is 2. The van der Waals surface area contributed by atoms with Gasteiger partial charge in [0.1, 0.15) is 0 Å². The summed E-state index contributed by atoms with van der Waals surface area (Å²) >= 11 is 0. The Morgan fingerprint density at radius 3 is 2.36 bits per heavy atom. The van der Waals surface area contributed by atoms with Crippen LogP contribution >= 0.6 is 0 Å². The predicted molar refractivity (Wildman–Crippen MR) is 98.7 cm³/mol. The number of anilines is 1. The minimum Gasteiger partial charge on any atom is -0.326 e. The highest BCUT2D eigenvalue weighted by atomic mass is 32.2. The molecule has 1 amide bonds. The SMILES string of the molecule is CC(=O)Nc1ccc(C#CCNS(=O)(=O)c2ccc(C)cc2C)cc1. The minimum atomic E-state index is -3.58.